The molecule has 0 fully saturated rings. The molecule has 0 amide bonds. The van der Waals surface area contributed by atoms with E-state index in [1.54, 1.807) is 37.3 Å². The summed E-state index contributed by atoms with van der Waals surface area (Å²) < 4.78 is 40.1. The smallest absolute Gasteiger partial charge is 0.335 e. The maximum absolute atomic E-state index is 14.0. The summed E-state index contributed by atoms with van der Waals surface area (Å²) in [6.07, 6.45) is -2.73. The zero-order valence-corrected chi connectivity index (χ0v) is 16.2. The van der Waals surface area contributed by atoms with E-state index in [0.717, 1.165) is 0 Å². The molecule has 0 radical (unpaired) electrons. The third-order valence-corrected chi connectivity index (χ3v) is 5.11. The van der Waals surface area contributed by atoms with Crippen molar-refractivity contribution < 1.29 is 28.2 Å². The van der Waals surface area contributed by atoms with Gasteiger partial charge in [-0.15, -0.1) is 0 Å². The Hall–Kier alpha value is -4.01. The number of ether oxygens (including phenoxy) is 2. The van der Waals surface area contributed by atoms with E-state index in [4.69, 9.17) is 14.6 Å². The average molecular weight is 423 g/mol. The molecule has 2 aromatic heterocycles. The largest absolute Gasteiger partial charge is 0.478 e. The van der Waals surface area contributed by atoms with Gasteiger partial charge in [-0.1, -0.05) is 0 Å². The van der Waals surface area contributed by atoms with Gasteiger partial charge in [0.2, 0.25) is 6.79 Å². The van der Waals surface area contributed by atoms with Gasteiger partial charge in [0.05, 0.1) is 28.0 Å². The van der Waals surface area contributed by atoms with Crippen molar-refractivity contribution in [1.29, 1.82) is 0 Å². The summed E-state index contributed by atoms with van der Waals surface area (Å²) in [6, 6.07) is 12.5. The van der Waals surface area contributed by atoms with Crippen molar-refractivity contribution in [3.63, 3.8) is 0 Å². The van der Waals surface area contributed by atoms with Crippen LogP contribution < -0.4 is 9.47 Å². The van der Waals surface area contributed by atoms with Gasteiger partial charge in [0.15, 0.2) is 17.1 Å². The Kier molecular flexibility index (Phi) is 4.32. The van der Waals surface area contributed by atoms with Gasteiger partial charge >= 0.3 is 5.97 Å². The molecule has 1 N–H and O–H groups in total. The second-order valence-electron chi connectivity index (χ2n) is 7.01. The number of carbonyl (C=O) groups is 1. The van der Waals surface area contributed by atoms with Gasteiger partial charge in [-0.05, 0) is 55.5 Å². The maximum atomic E-state index is 14.0. The number of aromatic carboxylic acids is 1. The van der Waals surface area contributed by atoms with Gasteiger partial charge in [0, 0.05) is 11.1 Å². The fourth-order valence-corrected chi connectivity index (χ4v) is 3.62. The number of hydrogen-bond donors (Lipinski definition) is 1. The molecule has 7 nitrogen and oxygen atoms in total. The minimum atomic E-state index is -2.73. The van der Waals surface area contributed by atoms with Crippen LogP contribution in [0.3, 0.4) is 0 Å². The number of aromatic nitrogens is 3. The first-order valence-corrected chi connectivity index (χ1v) is 9.34. The standard InChI is InChI=1S/C22H15F2N3O4/c1-11-19-15(20(23)24)9-16(13-4-7-17-18(8-13)31-10-30-17)25-21(19)27(26-11)14-5-2-12(3-6-14)22(28)29/h2-9,20H,10H2,1H3,(H,28,29). The molecule has 0 spiro atoms. The van der Waals surface area contributed by atoms with E-state index >= 15 is 0 Å². The third-order valence-electron chi connectivity index (χ3n) is 5.11. The van der Waals surface area contributed by atoms with Crippen molar-refractivity contribution >= 4 is 17.0 Å². The van der Waals surface area contributed by atoms with Gasteiger partial charge in [-0.3, -0.25) is 0 Å². The second-order valence-corrected chi connectivity index (χ2v) is 7.01. The van der Waals surface area contributed by atoms with E-state index in [2.05, 4.69) is 10.1 Å². The van der Waals surface area contributed by atoms with Crippen LogP contribution in [0.2, 0.25) is 0 Å². The highest BCUT2D eigenvalue weighted by molar-refractivity contribution is 5.89. The van der Waals surface area contributed by atoms with Crippen molar-refractivity contribution in [2.75, 3.05) is 6.79 Å². The second kappa shape index (κ2) is 7.05. The van der Waals surface area contributed by atoms with Crippen molar-refractivity contribution in [3.8, 4) is 28.4 Å². The molecule has 5 rings (SSSR count). The number of benzene rings is 2. The number of halogens is 2. The number of hydrogen-bond acceptors (Lipinski definition) is 5. The van der Waals surface area contributed by atoms with Crippen LogP contribution in [0, 0.1) is 6.92 Å². The SMILES string of the molecule is Cc1nn(-c2ccc(C(=O)O)cc2)c2nc(-c3ccc4c(c3)OCO4)cc(C(F)F)c12. The Balaban J connectivity index is 1.72. The fraction of sp³-hybridized carbons (Fsp3) is 0.136. The Labute approximate surface area is 174 Å². The molecule has 2 aromatic carbocycles. The highest BCUT2D eigenvalue weighted by Gasteiger charge is 2.23. The fourth-order valence-electron chi connectivity index (χ4n) is 3.62. The Morgan fingerprint density at radius 2 is 1.84 bits per heavy atom. The molecule has 156 valence electrons. The molecule has 31 heavy (non-hydrogen) atoms. The minimum absolute atomic E-state index is 0.103. The number of fused-ring (bicyclic) bond motifs is 2. The molecule has 9 heteroatoms. The Morgan fingerprint density at radius 3 is 2.55 bits per heavy atom. The lowest BCUT2D eigenvalue weighted by Crippen LogP contribution is -2.01. The Morgan fingerprint density at radius 1 is 1.10 bits per heavy atom. The van der Waals surface area contributed by atoms with Gasteiger partial charge in [-0.25, -0.2) is 23.2 Å². The molecular weight excluding hydrogens is 408 g/mol. The number of aryl methyl sites for hydroxylation is 1. The summed E-state index contributed by atoms with van der Waals surface area (Å²) >= 11 is 0. The summed E-state index contributed by atoms with van der Waals surface area (Å²) in [5, 5.41) is 13.8. The quantitative estimate of drug-likeness (QED) is 0.509. The minimum Gasteiger partial charge on any atom is -0.478 e. The van der Waals surface area contributed by atoms with Gasteiger partial charge in [0.1, 0.15) is 0 Å². The first kappa shape index (κ1) is 19.0. The van der Waals surface area contributed by atoms with Crippen LogP contribution in [0.25, 0.3) is 28.0 Å². The van der Waals surface area contributed by atoms with Crippen LogP contribution >= 0.6 is 0 Å². The number of carboxylic acids is 1. The number of pyridine rings is 1. The van der Waals surface area contributed by atoms with Crippen molar-refractivity contribution in [3.05, 3.63) is 65.4 Å². The molecule has 0 aliphatic carbocycles. The van der Waals surface area contributed by atoms with E-state index in [9.17, 15) is 13.6 Å². The van der Waals surface area contributed by atoms with Crippen LogP contribution in [-0.2, 0) is 0 Å². The molecular formula is C22H15F2N3O4. The zero-order chi connectivity index (χ0) is 21.7. The van der Waals surface area contributed by atoms with Crippen LogP contribution in [0.1, 0.15) is 28.0 Å². The number of alkyl halides is 2. The van der Waals surface area contributed by atoms with E-state index in [0.29, 0.717) is 34.1 Å². The van der Waals surface area contributed by atoms with Crippen LogP contribution in [-0.4, -0.2) is 32.6 Å². The first-order chi connectivity index (χ1) is 14.9. The van der Waals surface area contributed by atoms with Crippen LogP contribution in [0.5, 0.6) is 11.5 Å². The summed E-state index contributed by atoms with van der Waals surface area (Å²) in [4.78, 5) is 15.8. The van der Waals surface area contributed by atoms with Gasteiger partial charge in [0.25, 0.3) is 6.43 Å². The summed E-state index contributed by atoms with van der Waals surface area (Å²) in [7, 11) is 0. The molecule has 3 heterocycles. The topological polar surface area (TPSA) is 86.5 Å². The summed E-state index contributed by atoms with van der Waals surface area (Å²) in [6.45, 7) is 1.74. The normalized spacial score (nSPS) is 12.6. The lowest BCUT2D eigenvalue weighted by molar-refractivity contribution is 0.0697. The summed E-state index contributed by atoms with van der Waals surface area (Å²) in [5.74, 6) is 0.0431. The molecule has 1 aliphatic heterocycles. The molecule has 0 bridgehead atoms. The molecule has 4 aromatic rings. The van der Waals surface area contributed by atoms with E-state index in [1.807, 2.05) is 0 Å². The van der Waals surface area contributed by atoms with Crippen LogP contribution in [0.4, 0.5) is 8.78 Å². The molecule has 0 unspecified atom stereocenters. The number of nitrogens with zero attached hydrogens (tertiary/aromatic N) is 3. The van der Waals surface area contributed by atoms with Crippen LogP contribution in [0.15, 0.2) is 48.5 Å². The van der Waals surface area contributed by atoms with Crippen molar-refractivity contribution in [1.82, 2.24) is 14.8 Å². The van der Waals surface area contributed by atoms with Gasteiger partial charge in [-0.2, -0.15) is 5.10 Å². The van der Waals surface area contributed by atoms with E-state index < -0.39 is 12.4 Å². The molecule has 0 saturated carbocycles. The highest BCUT2D eigenvalue weighted by atomic mass is 19.3. The zero-order valence-electron chi connectivity index (χ0n) is 16.2. The predicted octanol–water partition coefficient (Wildman–Crippen LogP) is 4.76. The monoisotopic (exact) mass is 423 g/mol. The lowest BCUT2D eigenvalue weighted by Gasteiger charge is -2.09. The highest BCUT2D eigenvalue weighted by Crippen LogP contribution is 2.38. The van der Waals surface area contributed by atoms with Crippen molar-refractivity contribution in [2.45, 2.75) is 13.3 Å². The average Bonchev–Trinajstić information content (AvgIpc) is 3.37. The predicted molar refractivity (Wildman–Crippen MR) is 107 cm³/mol. The lowest BCUT2D eigenvalue weighted by atomic mass is 10.1. The first-order valence-electron chi connectivity index (χ1n) is 9.34. The third kappa shape index (κ3) is 3.14. The van der Waals surface area contributed by atoms with Gasteiger partial charge < -0.3 is 14.6 Å². The maximum Gasteiger partial charge on any atom is 0.335 e. The summed E-state index contributed by atoms with van der Waals surface area (Å²) in [5.41, 5.74) is 2.04. The Bertz CT molecular complexity index is 1330. The molecule has 0 saturated heterocycles. The van der Waals surface area contributed by atoms with Crippen molar-refractivity contribution in [2.24, 2.45) is 0 Å². The molecule has 0 atom stereocenters. The van der Waals surface area contributed by atoms with E-state index in [-0.39, 0.29) is 29.0 Å². The van der Waals surface area contributed by atoms with E-state index in [1.165, 1.54) is 22.9 Å². The molecule has 1 aliphatic rings. The number of rotatable bonds is 4. The number of carboxylic acid groups (broad SMARTS) is 1.